The molecule has 26 heavy (non-hydrogen) atoms. The smallest absolute Gasteiger partial charge is 0.344 e. The van der Waals surface area contributed by atoms with Crippen LogP contribution in [0.4, 0.5) is 0 Å². The maximum absolute atomic E-state index is 10.7. The number of nitrogens with zero attached hydrogens (tertiary/aromatic N) is 1. The Morgan fingerprint density at radius 3 is 2.92 bits per heavy atom. The van der Waals surface area contributed by atoms with E-state index in [0.717, 1.165) is 36.8 Å². The normalized spacial score (nSPS) is 36.9. The van der Waals surface area contributed by atoms with Gasteiger partial charge < -0.3 is 20.2 Å². The fraction of sp³-hybridized carbons (Fsp3) is 0.600. The minimum Gasteiger partial charge on any atom is -0.508 e. The van der Waals surface area contributed by atoms with Gasteiger partial charge in [0, 0.05) is 5.56 Å². The zero-order valence-electron chi connectivity index (χ0n) is 14.9. The first-order valence-corrected chi connectivity index (χ1v) is 9.32. The number of carbonyl (C=O) groups is 1. The molecule has 5 atom stereocenters. The van der Waals surface area contributed by atoms with Gasteiger partial charge in [0.2, 0.25) is 6.61 Å². The van der Waals surface area contributed by atoms with Gasteiger partial charge in [-0.1, -0.05) is 18.1 Å². The highest BCUT2D eigenvalue weighted by Crippen LogP contribution is 2.60. The molecule has 0 unspecified atom stereocenters. The molecule has 2 fully saturated rings. The summed E-state index contributed by atoms with van der Waals surface area (Å²) in [6.45, 7) is 1.72. The number of aliphatic carboxylic acids is 1. The number of aromatic hydroxyl groups is 1. The summed E-state index contributed by atoms with van der Waals surface area (Å²) in [7, 11) is 0. The largest absolute Gasteiger partial charge is 0.508 e. The minimum absolute atomic E-state index is 0.0530. The Morgan fingerprint density at radius 1 is 1.35 bits per heavy atom. The van der Waals surface area contributed by atoms with Gasteiger partial charge in [-0.05, 0) is 73.0 Å². The highest BCUT2D eigenvalue weighted by Gasteiger charge is 2.55. The van der Waals surface area contributed by atoms with Gasteiger partial charge in [-0.15, -0.1) is 0 Å². The van der Waals surface area contributed by atoms with Gasteiger partial charge in [0.25, 0.3) is 0 Å². The summed E-state index contributed by atoms with van der Waals surface area (Å²) < 4.78 is 0. The van der Waals surface area contributed by atoms with E-state index in [1.807, 2.05) is 6.07 Å². The number of hydrogen-bond acceptors (Lipinski definition) is 5. The molecule has 0 radical (unpaired) electrons. The lowest BCUT2D eigenvalue weighted by Gasteiger charge is -2.50. The SMILES string of the molecule is C[C@]12CC[C@@H]3c4ccc(O)cc4/C(=N\OCC(=O)O)C[C@H]3[C@@H]1CC[C@H]2O. The van der Waals surface area contributed by atoms with E-state index in [-0.39, 0.29) is 17.3 Å². The molecule has 0 saturated heterocycles. The van der Waals surface area contributed by atoms with Crippen LogP contribution in [-0.4, -0.2) is 39.7 Å². The lowest BCUT2D eigenvalue weighted by Crippen LogP contribution is -2.45. The quantitative estimate of drug-likeness (QED) is 0.721. The molecule has 3 N–H and O–H groups in total. The van der Waals surface area contributed by atoms with Crippen molar-refractivity contribution in [3.8, 4) is 5.75 Å². The van der Waals surface area contributed by atoms with Crippen LogP contribution in [0, 0.1) is 17.3 Å². The summed E-state index contributed by atoms with van der Waals surface area (Å²) in [6, 6.07) is 5.36. The van der Waals surface area contributed by atoms with Crippen molar-refractivity contribution < 1.29 is 25.0 Å². The van der Waals surface area contributed by atoms with Crippen LogP contribution in [0.1, 0.15) is 56.1 Å². The number of phenolic OH excluding ortho intramolecular Hbond substituents is 1. The number of phenols is 1. The van der Waals surface area contributed by atoms with E-state index in [1.165, 1.54) is 0 Å². The van der Waals surface area contributed by atoms with Crippen LogP contribution in [0.25, 0.3) is 0 Å². The third-order valence-electron chi connectivity index (χ3n) is 6.93. The van der Waals surface area contributed by atoms with Gasteiger partial charge in [-0.3, -0.25) is 0 Å². The Labute approximate surface area is 152 Å². The van der Waals surface area contributed by atoms with E-state index in [4.69, 9.17) is 9.94 Å². The zero-order valence-corrected chi connectivity index (χ0v) is 14.9. The summed E-state index contributed by atoms with van der Waals surface area (Å²) in [5.74, 6) is 0.263. The second kappa shape index (κ2) is 6.27. The van der Waals surface area contributed by atoms with Crippen LogP contribution >= 0.6 is 0 Å². The minimum atomic E-state index is -1.07. The van der Waals surface area contributed by atoms with Crippen LogP contribution in [0.2, 0.25) is 0 Å². The van der Waals surface area contributed by atoms with Crippen molar-refractivity contribution in [3.05, 3.63) is 29.3 Å². The predicted octanol–water partition coefficient (Wildman–Crippen LogP) is 2.87. The highest BCUT2D eigenvalue weighted by molar-refractivity contribution is 6.03. The molecule has 6 nitrogen and oxygen atoms in total. The molecular formula is C20H25NO5. The monoisotopic (exact) mass is 359 g/mol. The van der Waals surface area contributed by atoms with Crippen molar-refractivity contribution in [3.63, 3.8) is 0 Å². The van der Waals surface area contributed by atoms with E-state index in [0.29, 0.717) is 29.9 Å². The van der Waals surface area contributed by atoms with Gasteiger partial charge in [0.15, 0.2) is 0 Å². The molecule has 0 amide bonds. The van der Waals surface area contributed by atoms with Crippen molar-refractivity contribution in [2.45, 2.75) is 51.0 Å². The van der Waals surface area contributed by atoms with Crippen molar-refractivity contribution in [2.75, 3.05) is 6.61 Å². The molecule has 0 spiro atoms. The lowest BCUT2D eigenvalue weighted by molar-refractivity contribution is -0.142. The fourth-order valence-corrected chi connectivity index (χ4v) is 5.63. The second-order valence-electron chi connectivity index (χ2n) is 8.20. The van der Waals surface area contributed by atoms with Crippen LogP contribution in [0.15, 0.2) is 23.4 Å². The Bertz CT molecular complexity index is 761. The number of aliphatic hydroxyl groups excluding tert-OH is 1. The number of aliphatic hydroxyl groups is 1. The Morgan fingerprint density at radius 2 is 2.15 bits per heavy atom. The van der Waals surface area contributed by atoms with Crippen LogP contribution in [0.5, 0.6) is 5.75 Å². The van der Waals surface area contributed by atoms with E-state index in [2.05, 4.69) is 12.1 Å². The summed E-state index contributed by atoms with van der Waals surface area (Å²) in [4.78, 5) is 15.8. The molecule has 0 bridgehead atoms. The summed E-state index contributed by atoms with van der Waals surface area (Å²) in [5, 5.41) is 33.3. The van der Waals surface area contributed by atoms with Crippen molar-refractivity contribution in [2.24, 2.45) is 22.4 Å². The van der Waals surface area contributed by atoms with Crippen LogP contribution in [0.3, 0.4) is 0 Å². The lowest BCUT2D eigenvalue weighted by atomic mass is 9.55. The molecular weight excluding hydrogens is 334 g/mol. The fourth-order valence-electron chi connectivity index (χ4n) is 5.63. The number of carboxylic acids is 1. The standard InChI is InChI=1S/C20H25NO5/c1-20-7-6-13-12-3-2-11(22)8-15(12)17(21-26-10-19(24)25)9-14(13)16(20)4-5-18(20)23/h2-3,8,13-14,16,18,22-23H,4-7,9-10H2,1H3,(H,24,25)/b21-17-/t13-,14-,16+,18-,20+/m1/s1. The summed E-state index contributed by atoms with van der Waals surface area (Å²) in [6.07, 6.45) is 4.30. The maximum atomic E-state index is 10.7. The van der Waals surface area contributed by atoms with E-state index in [1.54, 1.807) is 12.1 Å². The number of fused-ring (bicyclic) bond motifs is 5. The molecule has 2 saturated carbocycles. The van der Waals surface area contributed by atoms with Gasteiger partial charge in [0.1, 0.15) is 5.75 Å². The molecule has 4 rings (SSSR count). The molecule has 6 heteroatoms. The predicted molar refractivity (Wildman–Crippen MR) is 95.2 cm³/mol. The first-order chi connectivity index (χ1) is 12.4. The summed E-state index contributed by atoms with van der Waals surface area (Å²) in [5.41, 5.74) is 2.66. The maximum Gasteiger partial charge on any atom is 0.344 e. The Kier molecular flexibility index (Phi) is 4.18. The van der Waals surface area contributed by atoms with E-state index < -0.39 is 12.6 Å². The van der Waals surface area contributed by atoms with Gasteiger partial charge in [-0.2, -0.15) is 0 Å². The van der Waals surface area contributed by atoms with Crippen molar-refractivity contribution >= 4 is 11.7 Å². The number of benzene rings is 1. The number of carboxylic acid groups (broad SMARTS) is 1. The number of oxime groups is 1. The zero-order chi connectivity index (χ0) is 18.5. The summed E-state index contributed by atoms with van der Waals surface area (Å²) >= 11 is 0. The highest BCUT2D eigenvalue weighted by atomic mass is 16.6. The second-order valence-corrected chi connectivity index (χ2v) is 8.20. The molecule has 3 aliphatic rings. The van der Waals surface area contributed by atoms with Gasteiger partial charge in [-0.25, -0.2) is 4.79 Å². The Balaban J connectivity index is 1.72. The molecule has 3 aliphatic carbocycles. The van der Waals surface area contributed by atoms with Gasteiger partial charge >= 0.3 is 5.97 Å². The molecule has 1 aromatic rings. The van der Waals surface area contributed by atoms with Crippen LogP contribution in [-0.2, 0) is 9.63 Å². The molecule has 0 heterocycles. The molecule has 0 aliphatic heterocycles. The van der Waals surface area contributed by atoms with Crippen molar-refractivity contribution in [1.82, 2.24) is 0 Å². The van der Waals surface area contributed by atoms with Gasteiger partial charge in [0.05, 0.1) is 11.8 Å². The average Bonchev–Trinajstić information content (AvgIpc) is 2.90. The Hall–Kier alpha value is -2.08. The molecule has 1 aromatic carbocycles. The third-order valence-corrected chi connectivity index (χ3v) is 6.93. The van der Waals surface area contributed by atoms with E-state index >= 15 is 0 Å². The van der Waals surface area contributed by atoms with E-state index in [9.17, 15) is 15.0 Å². The third kappa shape index (κ3) is 2.67. The molecule has 140 valence electrons. The van der Waals surface area contributed by atoms with Crippen LogP contribution < -0.4 is 0 Å². The number of rotatable bonds is 3. The molecule has 0 aromatic heterocycles. The first-order valence-electron chi connectivity index (χ1n) is 9.32. The first kappa shape index (κ1) is 17.3. The topological polar surface area (TPSA) is 99.4 Å². The number of hydrogen-bond donors (Lipinski definition) is 3. The average molecular weight is 359 g/mol. The van der Waals surface area contributed by atoms with Crippen molar-refractivity contribution in [1.29, 1.82) is 0 Å².